The molecule has 1 aromatic carbocycles. The average Bonchev–Trinajstić information content (AvgIpc) is 2.49. The summed E-state index contributed by atoms with van der Waals surface area (Å²) < 4.78 is 0. The molecule has 116 valence electrons. The molecule has 0 heterocycles. The molecule has 0 radical (unpaired) electrons. The summed E-state index contributed by atoms with van der Waals surface area (Å²) in [6, 6.07) is 4.58. The second kappa shape index (κ2) is 8.63. The maximum atomic E-state index is 12.4. The number of rotatable bonds is 8. The Labute approximate surface area is 128 Å². The molecule has 0 aliphatic carbocycles. The zero-order chi connectivity index (χ0) is 15.8. The van der Waals surface area contributed by atoms with Crippen molar-refractivity contribution in [2.45, 2.75) is 24.2 Å². The number of unbranched alkanes of at least 4 members (excludes halogenated alkanes) is 2. The molecule has 0 aliphatic heterocycles. The third kappa shape index (κ3) is 5.02. The van der Waals surface area contributed by atoms with Crippen molar-refractivity contribution >= 4 is 23.4 Å². The van der Waals surface area contributed by atoms with Gasteiger partial charge in [-0.25, -0.2) is 0 Å². The first-order chi connectivity index (χ1) is 10.0. The predicted octanol–water partition coefficient (Wildman–Crippen LogP) is 2.55. The van der Waals surface area contributed by atoms with Gasteiger partial charge in [-0.15, -0.1) is 11.8 Å². The molecule has 0 spiro atoms. The number of carbonyl (C=O) groups is 1. The number of benzene rings is 1. The average molecular weight is 312 g/mol. The Bertz CT molecular complexity index is 508. The predicted molar refractivity (Wildman–Crippen MR) is 82.8 cm³/mol. The number of nitro groups is 1. The summed E-state index contributed by atoms with van der Waals surface area (Å²) >= 11 is 1.44. The van der Waals surface area contributed by atoms with Gasteiger partial charge in [0.15, 0.2) is 0 Å². The van der Waals surface area contributed by atoms with Gasteiger partial charge < -0.3 is 10.0 Å². The van der Waals surface area contributed by atoms with Gasteiger partial charge in [0.2, 0.25) is 0 Å². The van der Waals surface area contributed by atoms with Gasteiger partial charge in [-0.2, -0.15) is 0 Å². The largest absolute Gasteiger partial charge is 0.396 e. The van der Waals surface area contributed by atoms with Crippen molar-refractivity contribution in [1.29, 1.82) is 0 Å². The van der Waals surface area contributed by atoms with Crippen molar-refractivity contribution in [1.82, 2.24) is 4.90 Å². The Hall–Kier alpha value is -1.60. The highest BCUT2D eigenvalue weighted by Gasteiger charge is 2.23. The molecule has 0 unspecified atom stereocenters. The summed E-state index contributed by atoms with van der Waals surface area (Å²) in [5.74, 6) is -0.346. The first-order valence-corrected chi connectivity index (χ1v) is 7.92. The van der Waals surface area contributed by atoms with Crippen LogP contribution in [0.25, 0.3) is 0 Å². The zero-order valence-corrected chi connectivity index (χ0v) is 13.1. The smallest absolute Gasteiger partial charge is 0.282 e. The molecule has 0 saturated carbocycles. The molecule has 0 aliphatic rings. The third-order valence-corrected chi connectivity index (χ3v) is 3.85. The fourth-order valence-corrected chi connectivity index (χ4v) is 2.36. The molecule has 1 rings (SSSR count). The lowest BCUT2D eigenvalue weighted by Gasteiger charge is -2.17. The highest BCUT2D eigenvalue weighted by atomic mass is 32.2. The van der Waals surface area contributed by atoms with E-state index in [4.69, 9.17) is 5.11 Å². The van der Waals surface area contributed by atoms with Crippen LogP contribution in [-0.4, -0.2) is 47.3 Å². The molecule has 7 heteroatoms. The normalized spacial score (nSPS) is 10.4. The summed E-state index contributed by atoms with van der Waals surface area (Å²) in [5.41, 5.74) is -0.0449. The highest BCUT2D eigenvalue weighted by molar-refractivity contribution is 7.98. The minimum absolute atomic E-state index is 0.122. The van der Waals surface area contributed by atoms with Crippen LogP contribution in [0, 0.1) is 10.1 Å². The minimum atomic E-state index is -0.531. The first kappa shape index (κ1) is 17.5. The Morgan fingerprint density at radius 2 is 2.10 bits per heavy atom. The van der Waals surface area contributed by atoms with Crippen LogP contribution >= 0.6 is 11.8 Å². The molecule has 1 amide bonds. The van der Waals surface area contributed by atoms with Crippen LogP contribution in [0.5, 0.6) is 0 Å². The van der Waals surface area contributed by atoms with Crippen LogP contribution < -0.4 is 0 Å². The fraction of sp³-hybridized carbons (Fsp3) is 0.500. The molecule has 1 aromatic rings. The van der Waals surface area contributed by atoms with E-state index in [-0.39, 0.29) is 23.8 Å². The summed E-state index contributed by atoms with van der Waals surface area (Å²) in [6.07, 6.45) is 4.14. The number of nitrogens with zero attached hydrogens (tertiary/aromatic N) is 2. The second-order valence-electron chi connectivity index (χ2n) is 4.65. The van der Waals surface area contributed by atoms with E-state index >= 15 is 0 Å². The number of amides is 1. The van der Waals surface area contributed by atoms with Gasteiger partial charge in [-0.05, 0) is 37.7 Å². The van der Waals surface area contributed by atoms with Crippen LogP contribution in [-0.2, 0) is 0 Å². The van der Waals surface area contributed by atoms with Crippen LogP contribution in [0.3, 0.4) is 0 Å². The minimum Gasteiger partial charge on any atom is -0.396 e. The molecular formula is C14H20N2O4S. The lowest BCUT2D eigenvalue weighted by molar-refractivity contribution is -0.385. The van der Waals surface area contributed by atoms with Crippen molar-refractivity contribution in [3.63, 3.8) is 0 Å². The third-order valence-electron chi connectivity index (χ3n) is 3.13. The van der Waals surface area contributed by atoms with Crippen LogP contribution in [0.2, 0.25) is 0 Å². The van der Waals surface area contributed by atoms with Crippen molar-refractivity contribution in [3.8, 4) is 0 Å². The van der Waals surface area contributed by atoms with Gasteiger partial charge >= 0.3 is 0 Å². The van der Waals surface area contributed by atoms with Crippen LogP contribution in [0.4, 0.5) is 5.69 Å². The molecule has 1 N–H and O–H groups in total. The van der Waals surface area contributed by atoms with Gasteiger partial charge in [-0.3, -0.25) is 14.9 Å². The van der Waals surface area contributed by atoms with E-state index in [9.17, 15) is 14.9 Å². The monoisotopic (exact) mass is 312 g/mol. The lowest BCUT2D eigenvalue weighted by Crippen LogP contribution is -2.28. The number of hydrogen-bond donors (Lipinski definition) is 1. The molecule has 0 aromatic heterocycles. The standard InChI is InChI=1S/C14H20N2O4S/c1-15(8-4-3-5-9-17)14(18)12-10-11(21-2)6-7-13(12)16(19)20/h6-7,10,17H,3-5,8-9H2,1-2H3. The van der Waals surface area contributed by atoms with Crippen molar-refractivity contribution in [2.24, 2.45) is 0 Å². The van der Waals surface area contributed by atoms with Gasteiger partial charge in [-0.1, -0.05) is 0 Å². The van der Waals surface area contributed by atoms with E-state index in [0.29, 0.717) is 13.0 Å². The number of hydrogen-bond acceptors (Lipinski definition) is 5. The van der Waals surface area contributed by atoms with Crippen molar-refractivity contribution < 1.29 is 14.8 Å². The Morgan fingerprint density at radius 3 is 2.67 bits per heavy atom. The number of carbonyl (C=O) groups excluding carboxylic acids is 1. The maximum absolute atomic E-state index is 12.4. The second-order valence-corrected chi connectivity index (χ2v) is 5.53. The van der Waals surface area contributed by atoms with Crippen LogP contribution in [0.1, 0.15) is 29.6 Å². The molecule has 0 fully saturated rings. The number of aliphatic hydroxyl groups is 1. The molecule has 21 heavy (non-hydrogen) atoms. The first-order valence-electron chi connectivity index (χ1n) is 6.70. The quantitative estimate of drug-likeness (QED) is 0.345. The van der Waals surface area contributed by atoms with E-state index < -0.39 is 4.92 Å². The van der Waals surface area contributed by atoms with Crippen molar-refractivity contribution in [3.05, 3.63) is 33.9 Å². The van der Waals surface area contributed by atoms with Crippen molar-refractivity contribution in [2.75, 3.05) is 26.5 Å². The van der Waals surface area contributed by atoms with E-state index in [2.05, 4.69) is 0 Å². The van der Waals surface area contributed by atoms with E-state index in [0.717, 1.165) is 17.7 Å². The fourth-order valence-electron chi connectivity index (χ4n) is 1.92. The maximum Gasteiger partial charge on any atom is 0.282 e. The summed E-state index contributed by atoms with van der Waals surface area (Å²) in [5, 5.41) is 19.8. The summed E-state index contributed by atoms with van der Waals surface area (Å²) in [7, 11) is 1.64. The lowest BCUT2D eigenvalue weighted by atomic mass is 10.1. The van der Waals surface area contributed by atoms with E-state index in [1.54, 1.807) is 19.2 Å². The number of nitro benzene ring substituents is 1. The van der Waals surface area contributed by atoms with E-state index in [1.807, 2.05) is 6.26 Å². The van der Waals surface area contributed by atoms with Gasteiger partial charge in [0, 0.05) is 31.2 Å². The summed E-state index contributed by atoms with van der Waals surface area (Å²) in [6.45, 7) is 0.651. The Morgan fingerprint density at radius 1 is 1.38 bits per heavy atom. The molecular weight excluding hydrogens is 292 g/mol. The Balaban J connectivity index is 2.86. The molecule has 0 saturated heterocycles. The molecule has 0 bridgehead atoms. The topological polar surface area (TPSA) is 83.7 Å². The molecule has 6 nitrogen and oxygen atoms in total. The van der Waals surface area contributed by atoms with Gasteiger partial charge in [0.1, 0.15) is 5.56 Å². The SMILES string of the molecule is CSc1ccc([N+](=O)[O-])c(C(=O)N(C)CCCCCO)c1. The van der Waals surface area contributed by atoms with Gasteiger partial charge in [0.25, 0.3) is 11.6 Å². The zero-order valence-electron chi connectivity index (χ0n) is 12.2. The summed E-state index contributed by atoms with van der Waals surface area (Å²) in [4.78, 5) is 25.2. The number of aliphatic hydroxyl groups excluding tert-OH is 1. The highest BCUT2D eigenvalue weighted by Crippen LogP contribution is 2.25. The molecule has 0 atom stereocenters. The van der Waals surface area contributed by atoms with E-state index in [1.165, 1.54) is 22.7 Å². The number of thioether (sulfide) groups is 1. The van der Waals surface area contributed by atoms with Gasteiger partial charge in [0.05, 0.1) is 4.92 Å². The Kier molecular flexibility index (Phi) is 7.18. The van der Waals surface area contributed by atoms with Crippen LogP contribution in [0.15, 0.2) is 23.1 Å².